The normalized spacial score (nSPS) is 14.3. The first-order valence-corrected chi connectivity index (χ1v) is 47.3. The molecule has 45 heteroatoms. The van der Waals surface area contributed by atoms with Gasteiger partial charge in [0.2, 0.25) is 118 Å². The molecule has 0 unspecified atom stereocenters. The highest BCUT2D eigenvalue weighted by atomic mass is 16.2. The third kappa shape index (κ3) is 41.8. The molecule has 0 aromatic carbocycles. The first-order chi connectivity index (χ1) is 62.9. The minimum Gasteiger partial charge on any atom is -0.368 e. The van der Waals surface area contributed by atoms with Gasteiger partial charge in [0.1, 0.15) is 92.6 Å². The molecule has 0 spiro atoms. The molecule has 780 valence electrons. The molecule has 0 radical (unpaired) electrons. The van der Waals surface area contributed by atoms with Crippen LogP contribution in [0.2, 0.25) is 0 Å². The molecule has 2 aromatic heterocycles. The molecule has 45 nitrogen and oxygen atoms in total. The average Bonchev–Trinajstić information content (AvgIpc) is 0.677. The Morgan fingerprint density at radius 3 is 0.688 bits per heavy atom. The van der Waals surface area contributed by atoms with Gasteiger partial charge in [0.05, 0.1) is 6.04 Å². The van der Waals surface area contributed by atoms with Gasteiger partial charge in [0.25, 0.3) is 5.56 Å². The monoisotopic (exact) mass is 1950 g/mol. The lowest BCUT2D eigenvalue weighted by Gasteiger charge is -2.35. The SMILES string of the molecule is CC(C)C[C@H](NC(=O)[C@H](C)NCc1cc(=O)[nH]c(=O)[nH]1)C(=O)NC(C)(C)C(=O)N[C@@H](CC(C)C)C(=O)NC(C)(C)C(=O)N[C@@H](CC(C)C)C(=O)NC(C)(C)C(=O)N[C@@H](CC(C)C)C(=O)NC(C)(C)C(=O)N[C@@H](CC(C)C)C(=O)NC(C)(C)C(=O)N[C@@H](CC(C)C)C(=O)NC(C)(C)C(=O)N[C@@H](CC(C)C)C(=O)NC(C)(C)C(=O)N[C@@H](CC(C)C)C(=O)NC(C)(C)C(=O)NCCNc1nc(N)nc(N)n1. The van der Waals surface area contributed by atoms with Crippen molar-refractivity contribution in [1.82, 2.24) is 121 Å². The van der Waals surface area contributed by atoms with E-state index in [0.717, 1.165) is 6.07 Å². The van der Waals surface area contributed by atoms with Crippen LogP contribution in [-0.4, -0.2) is 237 Å². The Bertz CT molecular complexity index is 4650. The molecule has 2 rings (SSSR count). The second kappa shape index (κ2) is 52.2. The van der Waals surface area contributed by atoms with Crippen molar-refractivity contribution in [2.24, 2.45) is 47.3 Å². The van der Waals surface area contributed by atoms with Crippen molar-refractivity contribution in [3.05, 3.63) is 32.6 Å². The van der Waals surface area contributed by atoms with Crippen LogP contribution in [0.1, 0.15) is 286 Å². The van der Waals surface area contributed by atoms with E-state index in [1.54, 1.807) is 83.1 Å². The molecule has 138 heavy (non-hydrogen) atoms. The molecule has 0 aliphatic carbocycles. The van der Waals surface area contributed by atoms with E-state index in [2.05, 4.69) is 126 Å². The first-order valence-electron chi connectivity index (χ1n) is 47.3. The highest BCUT2D eigenvalue weighted by Gasteiger charge is 2.46. The summed E-state index contributed by atoms with van der Waals surface area (Å²) in [4.78, 5) is 282. The lowest BCUT2D eigenvalue weighted by atomic mass is 9.95. The largest absolute Gasteiger partial charge is 0.368 e. The number of hydrogen-bond donors (Lipinski definition) is 23. The lowest BCUT2D eigenvalue weighted by molar-refractivity contribution is -0.140. The van der Waals surface area contributed by atoms with E-state index in [-0.39, 0.29) is 142 Å². The van der Waals surface area contributed by atoms with Crippen molar-refractivity contribution in [2.75, 3.05) is 29.9 Å². The van der Waals surface area contributed by atoms with Crippen LogP contribution in [0.3, 0.4) is 0 Å². The zero-order valence-electron chi connectivity index (χ0n) is 87.4. The highest BCUT2D eigenvalue weighted by Crippen LogP contribution is 2.22. The average molecular weight is 1950 g/mol. The first kappa shape index (κ1) is 122. The van der Waals surface area contributed by atoms with Gasteiger partial charge in [0, 0.05) is 31.4 Å². The summed E-state index contributed by atoms with van der Waals surface area (Å²) in [7, 11) is 0. The fourth-order valence-corrected chi connectivity index (χ4v) is 13.9. The molecular formula is C93H164N26O19. The lowest BCUT2D eigenvalue weighted by Crippen LogP contribution is -2.66. The third-order valence-electron chi connectivity index (χ3n) is 21.8. The molecule has 25 N–H and O–H groups in total. The minimum absolute atomic E-state index is 0.0158. The summed E-state index contributed by atoms with van der Waals surface area (Å²) in [5.41, 5.74) is -3.75. The van der Waals surface area contributed by atoms with Gasteiger partial charge in [-0.25, -0.2) is 4.79 Å². The molecule has 0 bridgehead atoms. The van der Waals surface area contributed by atoms with Gasteiger partial charge in [-0.3, -0.25) is 91.3 Å². The van der Waals surface area contributed by atoms with Crippen LogP contribution < -0.4 is 124 Å². The number of aromatic nitrogens is 5. The summed E-state index contributed by atoms with van der Waals surface area (Å²) < 4.78 is 0. The molecular weight excluding hydrogens is 1790 g/mol. The summed E-state index contributed by atoms with van der Waals surface area (Å²) in [6, 6.07) is -9.98. The number of aromatic amines is 2. The number of nitrogens with two attached hydrogens (primary N) is 2. The van der Waals surface area contributed by atoms with Crippen molar-refractivity contribution < 1.29 is 81.5 Å². The molecule has 0 aliphatic rings. The van der Waals surface area contributed by atoms with Crippen LogP contribution in [0.4, 0.5) is 17.8 Å². The summed E-state index contributed by atoms with van der Waals surface area (Å²) in [5.74, 6) is -15.0. The van der Waals surface area contributed by atoms with E-state index < -0.39 is 210 Å². The maximum absolute atomic E-state index is 14.5. The Balaban J connectivity index is 2.28. The quantitative estimate of drug-likeness (QED) is 0.0402. The Kier molecular flexibility index (Phi) is 46.2. The molecule has 0 fully saturated rings. The molecule has 9 atom stereocenters. The Hall–Kier alpha value is -12.0. The maximum atomic E-state index is 14.5. The van der Waals surface area contributed by atoms with E-state index >= 15 is 0 Å². The van der Waals surface area contributed by atoms with Crippen LogP contribution in [0.25, 0.3) is 0 Å². The van der Waals surface area contributed by atoms with E-state index in [0.29, 0.717) is 0 Å². The molecule has 17 amide bonds. The molecule has 2 aromatic rings. The topological polar surface area (TPSA) is 675 Å². The smallest absolute Gasteiger partial charge is 0.325 e. The molecule has 0 aliphatic heterocycles. The van der Waals surface area contributed by atoms with Gasteiger partial charge in [-0.15, -0.1) is 0 Å². The predicted octanol–water partition coefficient (Wildman–Crippen LogP) is 0.525. The molecule has 2 heterocycles. The zero-order valence-corrected chi connectivity index (χ0v) is 87.4. The number of anilines is 3. The number of carbonyl (C=O) groups excluding carboxylic acids is 17. The minimum atomic E-state index is -1.81. The number of nitrogens with one attached hydrogen (secondary N) is 21. The maximum Gasteiger partial charge on any atom is 0.325 e. The van der Waals surface area contributed by atoms with Crippen LogP contribution >= 0.6 is 0 Å². The zero-order chi connectivity index (χ0) is 107. The van der Waals surface area contributed by atoms with Crippen LogP contribution in [-0.2, 0) is 88.1 Å². The number of nitrogens with zero attached hydrogens (tertiary/aromatic N) is 3. The van der Waals surface area contributed by atoms with E-state index in [1.165, 1.54) is 118 Å². The van der Waals surface area contributed by atoms with Gasteiger partial charge in [-0.1, -0.05) is 111 Å². The van der Waals surface area contributed by atoms with Gasteiger partial charge >= 0.3 is 5.69 Å². The summed E-state index contributed by atoms with van der Waals surface area (Å²) in [6.45, 7) is 52.8. The number of hydrogen-bond acceptors (Lipinski definition) is 26. The second-order valence-corrected chi connectivity index (χ2v) is 43.5. The summed E-state index contributed by atoms with van der Waals surface area (Å²) >= 11 is 0. The second-order valence-electron chi connectivity index (χ2n) is 43.5. The van der Waals surface area contributed by atoms with Gasteiger partial charge < -0.3 is 117 Å². The van der Waals surface area contributed by atoms with E-state index in [9.17, 15) is 91.1 Å². The van der Waals surface area contributed by atoms with Crippen molar-refractivity contribution in [2.45, 2.75) is 385 Å². The predicted molar refractivity (Wildman–Crippen MR) is 523 cm³/mol. The molecule has 0 saturated heterocycles. The third-order valence-corrected chi connectivity index (χ3v) is 21.8. The van der Waals surface area contributed by atoms with E-state index in [4.69, 9.17) is 11.5 Å². The van der Waals surface area contributed by atoms with Gasteiger partial charge in [-0.05, 0) is 216 Å². The van der Waals surface area contributed by atoms with Gasteiger partial charge in [0.15, 0.2) is 0 Å². The summed E-state index contributed by atoms with van der Waals surface area (Å²) in [5, 5.41) is 51.8. The number of carbonyl (C=O) groups is 17. The highest BCUT2D eigenvalue weighted by molar-refractivity contribution is 6.04. The van der Waals surface area contributed by atoms with Crippen molar-refractivity contribution in [3.63, 3.8) is 0 Å². The number of rotatable bonds is 56. The van der Waals surface area contributed by atoms with Crippen molar-refractivity contribution in [3.8, 4) is 0 Å². The Morgan fingerprint density at radius 2 is 0.486 bits per heavy atom. The number of H-pyrrole nitrogens is 2. The summed E-state index contributed by atoms with van der Waals surface area (Å²) in [6.07, 6.45) is 0.483. The van der Waals surface area contributed by atoms with Crippen molar-refractivity contribution >= 4 is 118 Å². The fraction of sp³-hybridized carbons (Fsp3) is 0.742. The fourth-order valence-electron chi connectivity index (χ4n) is 13.9. The van der Waals surface area contributed by atoms with E-state index in [1.807, 2.05) is 27.7 Å². The van der Waals surface area contributed by atoms with Crippen LogP contribution in [0.15, 0.2) is 15.7 Å². The Morgan fingerprint density at radius 1 is 0.283 bits per heavy atom. The number of nitrogen functional groups attached to an aromatic ring is 2. The Labute approximate surface area is 811 Å². The molecule has 0 saturated carbocycles. The number of amides is 17. The van der Waals surface area contributed by atoms with Crippen LogP contribution in [0, 0.1) is 47.3 Å². The van der Waals surface area contributed by atoms with Gasteiger partial charge in [-0.2, -0.15) is 15.0 Å². The van der Waals surface area contributed by atoms with Crippen LogP contribution in [0.5, 0.6) is 0 Å². The standard InChI is InChI=1S/C93H164N26O19/c1-46(2)36-56(100-65(121)54(17)98-45-55-44-64(120)108-85(138)99-55)66(122)113-87(20,21)75(131)102-58(38-48(5)6)68(124)115-89(24,25)77(133)104-60(40-50(9)10)70(126)117-91(28,29)79(135)106-62(42-52(13)14)72(128)119-93(32,33)81(137)107-63(43-53(15)16)73(129)118-92(30,31)80(136)105-61(41-51(11)12)71(127)116-90(26,27)78(134)103-59(39-49(7)8)69(125)114-88(22,23)76(132)101-57(37-47(3)4)67(123)112-86(18,19)74(130)96-34-35-97-84-110-82(94)109-83(95)111-84/h44,46-54,56-63,98H,34-43,45H2,1-33H3,(H,96,130)(H,100,121)(H,101,132)(H,102,131)(H,103,134)(H,104,133)(H,105,136)(H,106,135)(H,107,137)(H,112,123)(H,113,122)(H,114,125)(H,115,124)(H,116,127)(H,117,126)(H,118,129)(H,119,128)(H2,99,108,120,138)(H5,94,95,97,109,110,111)/t54-,56-,57-,58-,59-,60-,61-,62-,63-/m0/s1. The van der Waals surface area contributed by atoms with Crippen molar-refractivity contribution in [1.29, 1.82) is 0 Å².